The van der Waals surface area contributed by atoms with Gasteiger partial charge in [0, 0.05) is 13.1 Å². The molecule has 4 heteroatoms. The first-order valence-corrected chi connectivity index (χ1v) is 6.74. The first kappa shape index (κ1) is 13.0. The number of nitrogens with zero attached hydrogens (tertiary/aromatic N) is 2. The van der Waals surface area contributed by atoms with Crippen LogP contribution in [0.2, 0.25) is 0 Å². The van der Waals surface area contributed by atoms with E-state index >= 15 is 0 Å². The Bertz CT molecular complexity index is 400. The molecule has 1 aliphatic carbocycles. The lowest BCUT2D eigenvalue weighted by Gasteiger charge is -2.26. The molecule has 0 aromatic carbocycles. The first-order chi connectivity index (χ1) is 8.58. The number of anilines is 2. The Hall–Kier alpha value is -1.45. The van der Waals surface area contributed by atoms with Gasteiger partial charge in [0.2, 0.25) is 5.88 Å². The SMILES string of the molecule is CC(C)Oc1nc(N(C)C2CCCC2)ccc1N. The summed E-state index contributed by atoms with van der Waals surface area (Å²) in [5, 5.41) is 0. The van der Waals surface area contributed by atoms with Crippen LogP contribution in [-0.2, 0) is 0 Å². The second-order valence-electron chi connectivity index (χ2n) is 5.28. The Labute approximate surface area is 109 Å². The van der Waals surface area contributed by atoms with Gasteiger partial charge in [-0.2, -0.15) is 4.98 Å². The molecule has 0 radical (unpaired) electrons. The molecule has 0 bridgehead atoms. The van der Waals surface area contributed by atoms with Crippen LogP contribution in [0.3, 0.4) is 0 Å². The molecule has 0 amide bonds. The number of rotatable bonds is 4. The molecule has 2 N–H and O–H groups in total. The fourth-order valence-electron chi connectivity index (χ4n) is 2.43. The Balaban J connectivity index is 2.17. The molecule has 0 aliphatic heterocycles. The van der Waals surface area contributed by atoms with Gasteiger partial charge in [-0.25, -0.2) is 0 Å². The van der Waals surface area contributed by atoms with Crippen LogP contribution >= 0.6 is 0 Å². The molecule has 1 saturated carbocycles. The molecule has 1 aromatic rings. The lowest BCUT2D eigenvalue weighted by atomic mass is 10.2. The minimum atomic E-state index is 0.0897. The van der Waals surface area contributed by atoms with E-state index in [1.165, 1.54) is 25.7 Å². The van der Waals surface area contributed by atoms with Crippen molar-refractivity contribution >= 4 is 11.5 Å². The van der Waals surface area contributed by atoms with Gasteiger partial charge in [-0.1, -0.05) is 12.8 Å². The summed E-state index contributed by atoms with van der Waals surface area (Å²) in [4.78, 5) is 6.79. The lowest BCUT2D eigenvalue weighted by molar-refractivity contribution is 0.234. The van der Waals surface area contributed by atoms with Crippen LogP contribution in [0.1, 0.15) is 39.5 Å². The summed E-state index contributed by atoms with van der Waals surface area (Å²) in [5.74, 6) is 1.50. The van der Waals surface area contributed by atoms with Crippen molar-refractivity contribution in [3.05, 3.63) is 12.1 Å². The predicted octanol–water partition coefficient (Wildman–Crippen LogP) is 2.83. The van der Waals surface area contributed by atoms with Crippen molar-refractivity contribution in [2.45, 2.75) is 51.7 Å². The number of pyridine rings is 1. The van der Waals surface area contributed by atoms with Crippen LogP contribution in [0.25, 0.3) is 0 Å². The smallest absolute Gasteiger partial charge is 0.239 e. The van der Waals surface area contributed by atoms with Gasteiger partial charge in [-0.3, -0.25) is 0 Å². The van der Waals surface area contributed by atoms with E-state index < -0.39 is 0 Å². The number of hydrogen-bond acceptors (Lipinski definition) is 4. The van der Waals surface area contributed by atoms with Crippen LogP contribution in [0, 0.1) is 0 Å². The van der Waals surface area contributed by atoms with Gasteiger partial charge < -0.3 is 15.4 Å². The Kier molecular flexibility index (Phi) is 3.94. The third-order valence-electron chi connectivity index (χ3n) is 3.46. The molecule has 1 heterocycles. The lowest BCUT2D eigenvalue weighted by Crippen LogP contribution is -2.29. The van der Waals surface area contributed by atoms with Gasteiger partial charge in [0.1, 0.15) is 5.82 Å². The highest BCUT2D eigenvalue weighted by Gasteiger charge is 2.21. The average molecular weight is 249 g/mol. The number of ether oxygens (including phenoxy) is 1. The average Bonchev–Trinajstić information content (AvgIpc) is 2.84. The topological polar surface area (TPSA) is 51.4 Å². The van der Waals surface area contributed by atoms with Crippen molar-refractivity contribution in [3.63, 3.8) is 0 Å². The zero-order valence-corrected chi connectivity index (χ0v) is 11.5. The Morgan fingerprint density at radius 2 is 2.00 bits per heavy atom. The summed E-state index contributed by atoms with van der Waals surface area (Å²) in [7, 11) is 2.10. The van der Waals surface area contributed by atoms with Crippen molar-refractivity contribution in [2.75, 3.05) is 17.7 Å². The van der Waals surface area contributed by atoms with Crippen molar-refractivity contribution in [3.8, 4) is 5.88 Å². The van der Waals surface area contributed by atoms with Gasteiger partial charge >= 0.3 is 0 Å². The summed E-state index contributed by atoms with van der Waals surface area (Å²) in [6.45, 7) is 3.96. The molecular formula is C14H23N3O. The normalized spacial score (nSPS) is 16.2. The van der Waals surface area contributed by atoms with Crippen LogP contribution < -0.4 is 15.4 Å². The zero-order chi connectivity index (χ0) is 13.1. The molecule has 100 valence electrons. The van der Waals surface area contributed by atoms with Crippen molar-refractivity contribution in [1.29, 1.82) is 0 Å². The molecule has 2 rings (SSSR count). The van der Waals surface area contributed by atoms with Crippen molar-refractivity contribution in [1.82, 2.24) is 4.98 Å². The van der Waals surface area contributed by atoms with Gasteiger partial charge in [0.05, 0.1) is 11.8 Å². The maximum atomic E-state index is 5.89. The van der Waals surface area contributed by atoms with Gasteiger partial charge in [0.15, 0.2) is 0 Å². The minimum absolute atomic E-state index is 0.0897. The highest BCUT2D eigenvalue weighted by Crippen LogP contribution is 2.29. The fourth-order valence-corrected chi connectivity index (χ4v) is 2.43. The van der Waals surface area contributed by atoms with Crippen LogP contribution in [0.5, 0.6) is 5.88 Å². The molecular weight excluding hydrogens is 226 g/mol. The maximum Gasteiger partial charge on any atom is 0.239 e. The minimum Gasteiger partial charge on any atom is -0.473 e. The predicted molar refractivity (Wildman–Crippen MR) is 75.1 cm³/mol. The second kappa shape index (κ2) is 5.46. The van der Waals surface area contributed by atoms with E-state index in [-0.39, 0.29) is 6.10 Å². The van der Waals surface area contributed by atoms with Crippen LogP contribution in [0.15, 0.2) is 12.1 Å². The van der Waals surface area contributed by atoms with E-state index in [2.05, 4.69) is 16.9 Å². The first-order valence-electron chi connectivity index (χ1n) is 6.74. The summed E-state index contributed by atoms with van der Waals surface area (Å²) < 4.78 is 5.64. The number of nitrogens with two attached hydrogens (primary N) is 1. The molecule has 1 aliphatic rings. The largest absolute Gasteiger partial charge is 0.473 e. The third-order valence-corrected chi connectivity index (χ3v) is 3.46. The van der Waals surface area contributed by atoms with Gasteiger partial charge in [0.25, 0.3) is 0 Å². The van der Waals surface area contributed by atoms with E-state index in [1.807, 2.05) is 26.0 Å². The standard InChI is InChI=1S/C14H23N3O/c1-10(2)18-14-12(15)8-9-13(16-14)17(3)11-6-4-5-7-11/h8-11H,4-7,15H2,1-3H3. The fraction of sp³-hybridized carbons (Fsp3) is 0.643. The van der Waals surface area contributed by atoms with Crippen LogP contribution in [-0.4, -0.2) is 24.2 Å². The zero-order valence-electron chi connectivity index (χ0n) is 11.5. The third kappa shape index (κ3) is 2.86. The van der Waals surface area contributed by atoms with Crippen molar-refractivity contribution < 1.29 is 4.74 Å². The van der Waals surface area contributed by atoms with Crippen molar-refractivity contribution in [2.24, 2.45) is 0 Å². The molecule has 0 atom stereocenters. The summed E-state index contributed by atoms with van der Waals surface area (Å²) >= 11 is 0. The number of hydrogen-bond donors (Lipinski definition) is 1. The Morgan fingerprint density at radius 3 is 2.61 bits per heavy atom. The van der Waals surface area contributed by atoms with Crippen LogP contribution in [0.4, 0.5) is 11.5 Å². The monoisotopic (exact) mass is 249 g/mol. The molecule has 1 fully saturated rings. The second-order valence-corrected chi connectivity index (χ2v) is 5.28. The number of aromatic nitrogens is 1. The summed E-state index contributed by atoms with van der Waals surface area (Å²) in [6, 6.07) is 4.46. The van der Waals surface area contributed by atoms with E-state index in [9.17, 15) is 0 Å². The quantitative estimate of drug-likeness (QED) is 0.891. The van der Waals surface area contributed by atoms with Gasteiger partial charge in [-0.05, 0) is 38.8 Å². The number of nitrogen functional groups attached to an aromatic ring is 1. The van der Waals surface area contributed by atoms with E-state index in [0.717, 1.165) is 5.82 Å². The maximum absolute atomic E-state index is 5.89. The van der Waals surface area contributed by atoms with E-state index in [0.29, 0.717) is 17.6 Å². The molecule has 0 saturated heterocycles. The Morgan fingerprint density at radius 1 is 1.33 bits per heavy atom. The highest BCUT2D eigenvalue weighted by molar-refractivity contribution is 5.54. The molecule has 1 aromatic heterocycles. The summed E-state index contributed by atoms with van der Waals surface area (Å²) in [6.07, 6.45) is 5.23. The van der Waals surface area contributed by atoms with E-state index in [4.69, 9.17) is 10.5 Å². The highest BCUT2D eigenvalue weighted by atomic mass is 16.5. The van der Waals surface area contributed by atoms with E-state index in [1.54, 1.807) is 0 Å². The molecule has 18 heavy (non-hydrogen) atoms. The molecule has 4 nitrogen and oxygen atoms in total. The van der Waals surface area contributed by atoms with Gasteiger partial charge in [-0.15, -0.1) is 0 Å². The molecule has 0 unspecified atom stereocenters. The summed E-state index contributed by atoms with van der Waals surface area (Å²) in [5.41, 5.74) is 6.49. The molecule has 0 spiro atoms.